The standard InChI is InChI=1S/C15H20N2/c1-15(2,16)10-7-8-14-12(9-10)11-5-3-4-6-13(11)17-14/h7-9,17H,3-6,16H2,1-2H3. The first-order valence-corrected chi connectivity index (χ1v) is 6.48. The highest BCUT2D eigenvalue weighted by molar-refractivity contribution is 5.85. The molecule has 3 rings (SSSR count). The SMILES string of the molecule is CC(C)(N)c1ccc2[nH]c3c(c2c1)CCCC3. The van der Waals surface area contributed by atoms with Gasteiger partial charge in [0.2, 0.25) is 0 Å². The topological polar surface area (TPSA) is 41.8 Å². The Bertz CT molecular complexity index is 558. The van der Waals surface area contributed by atoms with E-state index in [0.717, 1.165) is 0 Å². The van der Waals surface area contributed by atoms with Crippen LogP contribution in [0.5, 0.6) is 0 Å². The Morgan fingerprint density at radius 2 is 1.94 bits per heavy atom. The van der Waals surface area contributed by atoms with Gasteiger partial charge in [-0.1, -0.05) is 6.07 Å². The average molecular weight is 228 g/mol. The summed E-state index contributed by atoms with van der Waals surface area (Å²) in [6.07, 6.45) is 5.04. The highest BCUT2D eigenvalue weighted by Gasteiger charge is 2.19. The maximum absolute atomic E-state index is 6.18. The van der Waals surface area contributed by atoms with Gasteiger partial charge < -0.3 is 10.7 Å². The number of H-pyrrole nitrogens is 1. The van der Waals surface area contributed by atoms with Crippen LogP contribution in [0.1, 0.15) is 43.5 Å². The molecule has 2 aromatic rings. The molecule has 0 saturated carbocycles. The number of aromatic amines is 1. The molecule has 2 heteroatoms. The fourth-order valence-corrected chi connectivity index (χ4v) is 2.81. The highest BCUT2D eigenvalue weighted by atomic mass is 14.7. The lowest BCUT2D eigenvalue weighted by Gasteiger charge is -2.19. The second kappa shape index (κ2) is 3.61. The van der Waals surface area contributed by atoms with E-state index in [4.69, 9.17) is 5.73 Å². The van der Waals surface area contributed by atoms with Crippen LogP contribution in [0.3, 0.4) is 0 Å². The molecule has 2 nitrogen and oxygen atoms in total. The quantitative estimate of drug-likeness (QED) is 0.773. The molecule has 0 atom stereocenters. The van der Waals surface area contributed by atoms with Gasteiger partial charge in [0, 0.05) is 22.1 Å². The minimum absolute atomic E-state index is 0.257. The molecule has 1 aromatic carbocycles. The van der Waals surface area contributed by atoms with Crippen molar-refractivity contribution in [2.45, 2.75) is 45.1 Å². The van der Waals surface area contributed by atoms with E-state index in [1.165, 1.54) is 53.4 Å². The van der Waals surface area contributed by atoms with Crippen LogP contribution in [0.4, 0.5) is 0 Å². The molecule has 1 heterocycles. The van der Waals surface area contributed by atoms with Gasteiger partial charge in [-0.15, -0.1) is 0 Å². The Hall–Kier alpha value is -1.28. The zero-order valence-corrected chi connectivity index (χ0v) is 10.6. The second-order valence-corrected chi connectivity index (χ2v) is 5.77. The van der Waals surface area contributed by atoms with E-state index in [1.54, 1.807) is 0 Å². The van der Waals surface area contributed by atoms with E-state index in [-0.39, 0.29) is 5.54 Å². The van der Waals surface area contributed by atoms with Crippen LogP contribution in [0.15, 0.2) is 18.2 Å². The Morgan fingerprint density at radius 1 is 1.18 bits per heavy atom. The zero-order chi connectivity index (χ0) is 12.0. The number of benzene rings is 1. The van der Waals surface area contributed by atoms with E-state index >= 15 is 0 Å². The van der Waals surface area contributed by atoms with Gasteiger partial charge in [0.25, 0.3) is 0 Å². The van der Waals surface area contributed by atoms with Gasteiger partial charge in [0.05, 0.1) is 0 Å². The van der Waals surface area contributed by atoms with Crippen molar-refractivity contribution in [3.63, 3.8) is 0 Å². The molecule has 0 aliphatic heterocycles. The van der Waals surface area contributed by atoms with Gasteiger partial charge in [-0.05, 0) is 62.8 Å². The summed E-state index contributed by atoms with van der Waals surface area (Å²) in [5.74, 6) is 0. The number of aryl methyl sites for hydroxylation is 2. The van der Waals surface area contributed by atoms with E-state index in [9.17, 15) is 0 Å². The lowest BCUT2D eigenvalue weighted by Crippen LogP contribution is -2.28. The van der Waals surface area contributed by atoms with Crippen molar-refractivity contribution in [2.75, 3.05) is 0 Å². The number of nitrogens with one attached hydrogen (secondary N) is 1. The fraction of sp³-hybridized carbons (Fsp3) is 0.467. The highest BCUT2D eigenvalue weighted by Crippen LogP contribution is 2.31. The molecule has 0 spiro atoms. The Kier molecular flexibility index (Phi) is 2.30. The van der Waals surface area contributed by atoms with Crippen molar-refractivity contribution in [2.24, 2.45) is 5.73 Å². The monoisotopic (exact) mass is 228 g/mol. The Labute approximate surface area is 102 Å². The van der Waals surface area contributed by atoms with Gasteiger partial charge in [-0.3, -0.25) is 0 Å². The van der Waals surface area contributed by atoms with Crippen LogP contribution in [0.2, 0.25) is 0 Å². The predicted molar refractivity (Wildman–Crippen MR) is 72.2 cm³/mol. The van der Waals surface area contributed by atoms with Crippen LogP contribution >= 0.6 is 0 Å². The van der Waals surface area contributed by atoms with Crippen molar-refractivity contribution < 1.29 is 0 Å². The molecule has 0 bridgehead atoms. The van der Waals surface area contributed by atoms with Crippen LogP contribution in [-0.4, -0.2) is 4.98 Å². The molecule has 0 radical (unpaired) electrons. The first-order valence-electron chi connectivity index (χ1n) is 6.48. The lowest BCUT2D eigenvalue weighted by molar-refractivity contribution is 0.555. The fourth-order valence-electron chi connectivity index (χ4n) is 2.81. The first kappa shape index (κ1) is 10.8. The largest absolute Gasteiger partial charge is 0.358 e. The minimum atomic E-state index is -0.257. The van der Waals surface area contributed by atoms with Crippen LogP contribution in [-0.2, 0) is 18.4 Å². The average Bonchev–Trinajstić information content (AvgIpc) is 2.65. The first-order chi connectivity index (χ1) is 8.05. The number of rotatable bonds is 1. The third kappa shape index (κ3) is 1.77. The summed E-state index contributed by atoms with van der Waals surface area (Å²) in [7, 11) is 0. The van der Waals surface area contributed by atoms with Crippen molar-refractivity contribution in [3.05, 3.63) is 35.0 Å². The number of hydrogen-bond acceptors (Lipinski definition) is 1. The van der Waals surface area contributed by atoms with Crippen molar-refractivity contribution in [3.8, 4) is 0 Å². The maximum atomic E-state index is 6.18. The predicted octanol–water partition coefficient (Wildman–Crippen LogP) is 3.24. The summed E-state index contributed by atoms with van der Waals surface area (Å²) >= 11 is 0. The minimum Gasteiger partial charge on any atom is -0.358 e. The van der Waals surface area contributed by atoms with Crippen molar-refractivity contribution >= 4 is 10.9 Å². The Morgan fingerprint density at radius 3 is 2.71 bits per heavy atom. The molecular weight excluding hydrogens is 208 g/mol. The Balaban J connectivity index is 2.21. The summed E-state index contributed by atoms with van der Waals surface area (Å²) in [6, 6.07) is 6.60. The van der Waals surface area contributed by atoms with Gasteiger partial charge in [0.1, 0.15) is 0 Å². The molecule has 17 heavy (non-hydrogen) atoms. The lowest BCUT2D eigenvalue weighted by atomic mass is 9.91. The van der Waals surface area contributed by atoms with E-state index in [1.807, 2.05) is 0 Å². The summed E-state index contributed by atoms with van der Waals surface area (Å²) in [4.78, 5) is 3.55. The number of hydrogen-bond donors (Lipinski definition) is 2. The molecule has 0 unspecified atom stereocenters. The summed E-state index contributed by atoms with van der Waals surface area (Å²) in [5.41, 5.74) is 11.4. The number of aromatic nitrogens is 1. The van der Waals surface area contributed by atoms with Crippen LogP contribution < -0.4 is 5.73 Å². The number of nitrogens with two attached hydrogens (primary N) is 1. The molecule has 0 saturated heterocycles. The van der Waals surface area contributed by atoms with E-state index in [0.29, 0.717) is 0 Å². The second-order valence-electron chi connectivity index (χ2n) is 5.77. The smallest absolute Gasteiger partial charge is 0.0459 e. The normalized spacial score (nSPS) is 16.2. The van der Waals surface area contributed by atoms with Gasteiger partial charge in [-0.2, -0.15) is 0 Å². The summed E-state index contributed by atoms with van der Waals surface area (Å²) in [5, 5.41) is 1.38. The number of fused-ring (bicyclic) bond motifs is 3. The van der Waals surface area contributed by atoms with Crippen LogP contribution in [0, 0.1) is 0 Å². The third-order valence-corrected chi connectivity index (χ3v) is 3.84. The molecule has 3 N–H and O–H groups in total. The summed E-state index contributed by atoms with van der Waals surface area (Å²) in [6.45, 7) is 4.13. The third-order valence-electron chi connectivity index (χ3n) is 3.84. The van der Waals surface area contributed by atoms with Crippen LogP contribution in [0.25, 0.3) is 10.9 Å². The summed E-state index contributed by atoms with van der Waals surface area (Å²) < 4.78 is 0. The molecule has 1 aliphatic carbocycles. The maximum Gasteiger partial charge on any atom is 0.0459 e. The molecular formula is C15H20N2. The zero-order valence-electron chi connectivity index (χ0n) is 10.6. The van der Waals surface area contributed by atoms with E-state index < -0.39 is 0 Å². The van der Waals surface area contributed by atoms with Crippen molar-refractivity contribution in [1.82, 2.24) is 4.98 Å². The van der Waals surface area contributed by atoms with Gasteiger partial charge in [-0.25, -0.2) is 0 Å². The molecule has 1 aliphatic rings. The van der Waals surface area contributed by atoms with Crippen molar-refractivity contribution in [1.29, 1.82) is 0 Å². The molecule has 0 amide bonds. The molecule has 1 aromatic heterocycles. The van der Waals surface area contributed by atoms with Gasteiger partial charge >= 0.3 is 0 Å². The van der Waals surface area contributed by atoms with Gasteiger partial charge in [0.15, 0.2) is 0 Å². The van der Waals surface area contributed by atoms with E-state index in [2.05, 4.69) is 37.0 Å². The molecule has 90 valence electrons. The molecule has 0 fully saturated rings.